The third-order valence-electron chi connectivity index (χ3n) is 0.348. The van der Waals surface area contributed by atoms with E-state index in [9.17, 15) is 4.79 Å². The molecular weight excluding hydrogens is 160 g/mol. The van der Waals surface area contributed by atoms with Gasteiger partial charge in [-0.25, -0.2) is 4.79 Å². The van der Waals surface area contributed by atoms with Gasteiger partial charge in [0.1, 0.15) is 0 Å². The van der Waals surface area contributed by atoms with Gasteiger partial charge in [-0.05, 0) is 6.92 Å². The van der Waals surface area contributed by atoms with Crippen molar-refractivity contribution in [3.63, 3.8) is 0 Å². The summed E-state index contributed by atoms with van der Waals surface area (Å²) in [5, 5.41) is 7.18. The van der Waals surface area contributed by atoms with Gasteiger partial charge in [-0.2, -0.15) is 0 Å². The quantitative estimate of drug-likeness (QED) is 0.476. The van der Waals surface area contributed by atoms with Crippen LogP contribution in [0.15, 0.2) is 0 Å². The molecule has 60 valence electrons. The molecular formula is C5H9ClO4. The van der Waals surface area contributed by atoms with E-state index in [1.165, 1.54) is 6.92 Å². The SMILES string of the molecule is CCOC(C)=O.O=C(O)Cl. The summed E-state index contributed by atoms with van der Waals surface area (Å²) in [4.78, 5) is 18.6. The van der Waals surface area contributed by atoms with Crippen molar-refractivity contribution in [3.8, 4) is 0 Å². The van der Waals surface area contributed by atoms with E-state index >= 15 is 0 Å². The van der Waals surface area contributed by atoms with Crippen LogP contribution in [0.3, 0.4) is 0 Å². The highest BCUT2D eigenvalue weighted by molar-refractivity contribution is 6.60. The van der Waals surface area contributed by atoms with Gasteiger partial charge in [0, 0.05) is 18.5 Å². The molecule has 0 radical (unpaired) electrons. The predicted molar refractivity (Wildman–Crippen MR) is 36.2 cm³/mol. The van der Waals surface area contributed by atoms with Gasteiger partial charge in [-0.3, -0.25) is 4.79 Å². The Balaban J connectivity index is 0. The fraction of sp³-hybridized carbons (Fsp3) is 0.600. The van der Waals surface area contributed by atoms with Crippen LogP contribution < -0.4 is 0 Å². The molecule has 0 aliphatic rings. The number of esters is 1. The third kappa shape index (κ3) is 56.4. The molecule has 0 aliphatic carbocycles. The molecule has 1 N–H and O–H groups in total. The first kappa shape index (κ1) is 12.0. The van der Waals surface area contributed by atoms with Gasteiger partial charge in [0.05, 0.1) is 6.61 Å². The molecule has 0 heterocycles. The van der Waals surface area contributed by atoms with Crippen LogP contribution in [0.4, 0.5) is 4.79 Å². The Morgan fingerprint density at radius 1 is 1.60 bits per heavy atom. The van der Waals surface area contributed by atoms with Gasteiger partial charge in [0.15, 0.2) is 0 Å². The molecule has 0 bridgehead atoms. The van der Waals surface area contributed by atoms with Crippen molar-refractivity contribution < 1.29 is 19.4 Å². The summed E-state index contributed by atoms with van der Waals surface area (Å²) in [6.07, 6.45) is 0. The highest BCUT2D eigenvalue weighted by Crippen LogP contribution is 1.69. The maximum Gasteiger partial charge on any atom is 0.401 e. The van der Waals surface area contributed by atoms with Gasteiger partial charge in [0.2, 0.25) is 0 Å². The third-order valence-corrected chi connectivity index (χ3v) is 0.348. The van der Waals surface area contributed by atoms with Crippen molar-refractivity contribution >= 4 is 23.0 Å². The lowest BCUT2D eigenvalue weighted by molar-refractivity contribution is -0.140. The van der Waals surface area contributed by atoms with Crippen molar-refractivity contribution in [3.05, 3.63) is 0 Å². The molecule has 0 spiro atoms. The smallest absolute Gasteiger partial charge is 0.401 e. The first-order valence-corrected chi connectivity index (χ1v) is 2.90. The molecule has 0 saturated carbocycles. The number of ether oxygens (including phenoxy) is 1. The zero-order valence-electron chi connectivity index (χ0n) is 5.76. The van der Waals surface area contributed by atoms with E-state index in [2.05, 4.69) is 16.3 Å². The molecule has 0 aromatic heterocycles. The van der Waals surface area contributed by atoms with Crippen LogP contribution in [-0.2, 0) is 9.53 Å². The summed E-state index contributed by atoms with van der Waals surface area (Å²) >= 11 is 4.19. The van der Waals surface area contributed by atoms with E-state index in [-0.39, 0.29) is 5.97 Å². The monoisotopic (exact) mass is 168 g/mol. The fourth-order valence-corrected chi connectivity index (χ4v) is 0.203. The summed E-state index contributed by atoms with van der Waals surface area (Å²) in [7, 11) is 0. The Hall–Kier alpha value is -0.770. The minimum atomic E-state index is -1.36. The first-order chi connectivity index (χ1) is 4.50. The Bertz CT molecular complexity index is 108. The number of hydrogen-bond acceptors (Lipinski definition) is 3. The molecule has 0 fully saturated rings. The van der Waals surface area contributed by atoms with E-state index in [4.69, 9.17) is 9.90 Å². The highest BCUT2D eigenvalue weighted by Gasteiger charge is 1.81. The number of carboxylic acid groups (broad SMARTS) is 1. The van der Waals surface area contributed by atoms with E-state index in [1.54, 1.807) is 6.92 Å². The molecule has 0 atom stereocenters. The second-order valence-corrected chi connectivity index (χ2v) is 1.50. The van der Waals surface area contributed by atoms with Crippen molar-refractivity contribution in [2.24, 2.45) is 0 Å². The summed E-state index contributed by atoms with van der Waals surface area (Å²) < 4.78 is 4.40. The molecule has 0 amide bonds. The number of hydrogen-bond donors (Lipinski definition) is 1. The summed E-state index contributed by atoms with van der Waals surface area (Å²) in [6.45, 7) is 3.65. The number of carbonyl (C=O) groups excluding carboxylic acids is 1. The Kier molecular flexibility index (Phi) is 9.84. The molecule has 10 heavy (non-hydrogen) atoms. The summed E-state index contributed by atoms with van der Waals surface area (Å²) in [6, 6.07) is 0. The van der Waals surface area contributed by atoms with E-state index < -0.39 is 5.43 Å². The van der Waals surface area contributed by atoms with E-state index in [0.717, 1.165) is 0 Å². The largest absolute Gasteiger partial charge is 0.469 e. The van der Waals surface area contributed by atoms with Gasteiger partial charge < -0.3 is 9.84 Å². The average Bonchev–Trinajstić information content (AvgIpc) is 1.62. The molecule has 4 nitrogen and oxygen atoms in total. The Labute approximate surface area is 63.7 Å². The molecule has 0 unspecified atom stereocenters. The number of rotatable bonds is 1. The van der Waals surface area contributed by atoms with Crippen molar-refractivity contribution in [1.82, 2.24) is 0 Å². The molecule has 0 rings (SSSR count). The topological polar surface area (TPSA) is 63.6 Å². The van der Waals surface area contributed by atoms with Gasteiger partial charge in [0.25, 0.3) is 0 Å². The Morgan fingerprint density at radius 2 is 1.90 bits per heavy atom. The highest BCUT2D eigenvalue weighted by atomic mass is 35.5. The zero-order valence-corrected chi connectivity index (χ0v) is 6.51. The second-order valence-electron chi connectivity index (χ2n) is 1.18. The lowest BCUT2D eigenvalue weighted by Crippen LogP contribution is -1.95. The molecule has 5 heteroatoms. The van der Waals surface area contributed by atoms with Crippen molar-refractivity contribution in [2.45, 2.75) is 13.8 Å². The van der Waals surface area contributed by atoms with Gasteiger partial charge in [-0.15, -0.1) is 0 Å². The molecule has 0 saturated heterocycles. The van der Waals surface area contributed by atoms with Crippen LogP contribution in [-0.4, -0.2) is 23.1 Å². The number of halogens is 1. The zero-order chi connectivity index (χ0) is 8.57. The lowest BCUT2D eigenvalue weighted by Gasteiger charge is -1.89. The minimum absolute atomic E-state index is 0.211. The molecule has 0 aromatic carbocycles. The summed E-state index contributed by atoms with van der Waals surface area (Å²) in [5.41, 5.74) is -1.36. The normalized spacial score (nSPS) is 7.10. The average molecular weight is 169 g/mol. The predicted octanol–water partition coefficient (Wildman–Crippen LogP) is 1.47. The first-order valence-electron chi connectivity index (χ1n) is 2.52. The standard InChI is InChI=1S/C4H8O2.CHClO2/c1-3-6-4(2)5;2-1(3)4/h3H2,1-2H3;(H,3,4). The maximum atomic E-state index is 9.82. The fourth-order valence-electron chi connectivity index (χ4n) is 0.203. The van der Waals surface area contributed by atoms with Gasteiger partial charge >= 0.3 is 11.4 Å². The van der Waals surface area contributed by atoms with Crippen molar-refractivity contribution in [2.75, 3.05) is 6.61 Å². The maximum absolute atomic E-state index is 9.82. The summed E-state index contributed by atoms with van der Waals surface area (Å²) in [5.74, 6) is -0.211. The van der Waals surface area contributed by atoms with E-state index in [0.29, 0.717) is 6.61 Å². The van der Waals surface area contributed by atoms with Crippen LogP contribution in [0.2, 0.25) is 0 Å². The molecule has 0 aromatic rings. The van der Waals surface area contributed by atoms with Crippen LogP contribution in [0.1, 0.15) is 13.8 Å². The lowest BCUT2D eigenvalue weighted by atomic mass is 10.8. The number of carbonyl (C=O) groups is 2. The van der Waals surface area contributed by atoms with Crippen LogP contribution in [0.5, 0.6) is 0 Å². The van der Waals surface area contributed by atoms with Gasteiger partial charge in [-0.1, -0.05) is 0 Å². The molecule has 0 aliphatic heterocycles. The van der Waals surface area contributed by atoms with Crippen LogP contribution >= 0.6 is 11.6 Å². The Morgan fingerprint density at radius 3 is 1.90 bits per heavy atom. The van der Waals surface area contributed by atoms with Crippen LogP contribution in [0, 0.1) is 0 Å². The second kappa shape index (κ2) is 8.23. The minimum Gasteiger partial charge on any atom is -0.469 e. The van der Waals surface area contributed by atoms with Crippen LogP contribution in [0.25, 0.3) is 0 Å². The van der Waals surface area contributed by atoms with Crippen molar-refractivity contribution in [1.29, 1.82) is 0 Å². The van der Waals surface area contributed by atoms with E-state index in [1.807, 2.05) is 0 Å².